The molecule has 0 aliphatic rings. The van der Waals surface area contributed by atoms with Crippen LogP contribution in [0.4, 0.5) is 5.82 Å². The lowest BCUT2D eigenvalue weighted by Crippen LogP contribution is -2.16. The molecule has 0 saturated heterocycles. The third kappa shape index (κ3) is 3.54. The number of anilines is 1. The van der Waals surface area contributed by atoms with Crippen molar-refractivity contribution in [2.45, 2.75) is 6.42 Å². The highest BCUT2D eigenvalue weighted by Crippen LogP contribution is 2.20. The first-order chi connectivity index (χ1) is 9.20. The number of hydrogen-bond donors (Lipinski definition) is 1. The predicted octanol–water partition coefficient (Wildman–Crippen LogP) is 3.03. The maximum absolute atomic E-state index is 12.0. The van der Waals surface area contributed by atoms with Gasteiger partial charge in [0.1, 0.15) is 11.6 Å². The Labute approximate surface area is 119 Å². The van der Waals surface area contributed by atoms with E-state index in [1.807, 2.05) is 30.3 Å². The van der Waals surface area contributed by atoms with Crippen LogP contribution in [0.25, 0.3) is 0 Å². The summed E-state index contributed by atoms with van der Waals surface area (Å²) in [6, 6.07) is 11.1. The summed E-state index contributed by atoms with van der Waals surface area (Å²) in [6.07, 6.45) is 1.87. The first-order valence-corrected chi connectivity index (χ1v) is 6.52. The molecular weight excluding hydrogens is 308 g/mol. The summed E-state index contributed by atoms with van der Waals surface area (Å²) in [4.78, 5) is 16.1. The predicted molar refractivity (Wildman–Crippen MR) is 77.3 cm³/mol. The number of methoxy groups -OCH3 is 1. The van der Waals surface area contributed by atoms with Gasteiger partial charge in [0, 0.05) is 11.8 Å². The van der Waals surface area contributed by atoms with E-state index in [2.05, 4.69) is 26.2 Å². The topological polar surface area (TPSA) is 51.2 Å². The lowest BCUT2D eigenvalue weighted by Gasteiger charge is -2.09. The molecule has 2 aromatic rings. The molecule has 1 heterocycles. The number of para-hydroxylation sites is 1. The van der Waals surface area contributed by atoms with Gasteiger partial charge in [-0.3, -0.25) is 4.79 Å². The van der Waals surface area contributed by atoms with Gasteiger partial charge in [0.05, 0.1) is 18.0 Å². The molecule has 0 aliphatic heterocycles. The Kier molecular flexibility index (Phi) is 4.52. The fraction of sp³-hybridized carbons (Fsp3) is 0.143. The number of hydrogen-bond acceptors (Lipinski definition) is 3. The Morgan fingerprint density at radius 3 is 2.84 bits per heavy atom. The zero-order chi connectivity index (χ0) is 13.7. The molecule has 0 bridgehead atoms. The van der Waals surface area contributed by atoms with Crippen molar-refractivity contribution in [3.63, 3.8) is 0 Å². The summed E-state index contributed by atoms with van der Waals surface area (Å²) in [5.74, 6) is 1.09. The number of amides is 1. The quantitative estimate of drug-likeness (QED) is 0.942. The summed E-state index contributed by atoms with van der Waals surface area (Å²) in [5.41, 5.74) is 0.842. The van der Waals surface area contributed by atoms with Gasteiger partial charge in [-0.05, 0) is 34.1 Å². The van der Waals surface area contributed by atoms with Gasteiger partial charge in [0.2, 0.25) is 5.91 Å². The fourth-order valence-corrected chi connectivity index (χ4v) is 2.03. The highest BCUT2D eigenvalue weighted by atomic mass is 79.9. The molecule has 2 rings (SSSR count). The molecule has 0 spiro atoms. The summed E-state index contributed by atoms with van der Waals surface area (Å²) >= 11 is 3.34. The van der Waals surface area contributed by atoms with Crippen LogP contribution in [-0.2, 0) is 11.2 Å². The first-order valence-electron chi connectivity index (χ1n) is 5.73. The van der Waals surface area contributed by atoms with Crippen molar-refractivity contribution in [2.24, 2.45) is 0 Å². The number of nitrogens with zero attached hydrogens (tertiary/aromatic N) is 1. The molecule has 0 fully saturated rings. The van der Waals surface area contributed by atoms with E-state index in [1.165, 1.54) is 0 Å². The van der Waals surface area contributed by atoms with Gasteiger partial charge in [0.15, 0.2) is 0 Å². The average Bonchev–Trinajstić information content (AvgIpc) is 2.42. The van der Waals surface area contributed by atoms with Crippen LogP contribution in [0.5, 0.6) is 5.75 Å². The van der Waals surface area contributed by atoms with Crippen LogP contribution in [0.2, 0.25) is 0 Å². The Bertz CT molecular complexity index is 587. The Morgan fingerprint density at radius 2 is 2.11 bits per heavy atom. The summed E-state index contributed by atoms with van der Waals surface area (Å²) in [6.45, 7) is 0. The van der Waals surface area contributed by atoms with Crippen molar-refractivity contribution in [1.29, 1.82) is 0 Å². The zero-order valence-corrected chi connectivity index (χ0v) is 12.0. The van der Waals surface area contributed by atoms with Crippen LogP contribution in [-0.4, -0.2) is 18.0 Å². The second-order valence-corrected chi connectivity index (χ2v) is 4.72. The lowest BCUT2D eigenvalue weighted by atomic mass is 10.1. The van der Waals surface area contributed by atoms with Crippen molar-refractivity contribution < 1.29 is 9.53 Å². The van der Waals surface area contributed by atoms with E-state index in [4.69, 9.17) is 4.74 Å². The number of aromatic nitrogens is 1. The molecule has 19 heavy (non-hydrogen) atoms. The standard InChI is InChI=1S/C14H13BrN2O2/c1-19-12-7-3-2-5-10(12)9-13(18)17-14-11(15)6-4-8-16-14/h2-8H,9H2,1H3,(H,16,17,18). The molecule has 1 aromatic heterocycles. The van der Waals surface area contributed by atoms with Gasteiger partial charge in [-0.25, -0.2) is 4.98 Å². The maximum atomic E-state index is 12.0. The first kappa shape index (κ1) is 13.5. The molecule has 98 valence electrons. The summed E-state index contributed by atoms with van der Waals surface area (Å²) < 4.78 is 5.97. The number of carbonyl (C=O) groups excluding carboxylic acids is 1. The number of benzene rings is 1. The number of pyridine rings is 1. The molecule has 0 radical (unpaired) electrons. The van der Waals surface area contributed by atoms with Crippen LogP contribution in [0.15, 0.2) is 47.1 Å². The Balaban J connectivity index is 2.08. The second kappa shape index (κ2) is 6.33. The number of ether oxygens (including phenoxy) is 1. The van der Waals surface area contributed by atoms with E-state index < -0.39 is 0 Å². The summed E-state index contributed by atoms with van der Waals surface area (Å²) in [7, 11) is 1.59. The smallest absolute Gasteiger partial charge is 0.230 e. The molecule has 4 nitrogen and oxygen atoms in total. The van der Waals surface area contributed by atoms with Crippen LogP contribution < -0.4 is 10.1 Å². The second-order valence-electron chi connectivity index (χ2n) is 3.87. The number of rotatable bonds is 4. The molecule has 0 aliphatic carbocycles. The van der Waals surface area contributed by atoms with E-state index in [0.29, 0.717) is 11.6 Å². The highest BCUT2D eigenvalue weighted by Gasteiger charge is 2.10. The molecule has 0 atom stereocenters. The number of carbonyl (C=O) groups is 1. The van der Waals surface area contributed by atoms with E-state index in [9.17, 15) is 4.79 Å². The monoisotopic (exact) mass is 320 g/mol. The molecule has 0 saturated carbocycles. The SMILES string of the molecule is COc1ccccc1CC(=O)Nc1ncccc1Br. The third-order valence-electron chi connectivity index (χ3n) is 2.56. The van der Waals surface area contributed by atoms with E-state index >= 15 is 0 Å². The van der Waals surface area contributed by atoms with Gasteiger partial charge in [0.25, 0.3) is 0 Å². The highest BCUT2D eigenvalue weighted by molar-refractivity contribution is 9.10. The van der Waals surface area contributed by atoms with E-state index in [1.54, 1.807) is 19.4 Å². The number of halogens is 1. The van der Waals surface area contributed by atoms with E-state index in [-0.39, 0.29) is 12.3 Å². The lowest BCUT2D eigenvalue weighted by molar-refractivity contribution is -0.115. The molecule has 1 aromatic carbocycles. The third-order valence-corrected chi connectivity index (χ3v) is 3.20. The fourth-order valence-electron chi connectivity index (χ4n) is 1.68. The minimum absolute atomic E-state index is 0.135. The van der Waals surface area contributed by atoms with Crippen LogP contribution in [0, 0.1) is 0 Å². The van der Waals surface area contributed by atoms with Crippen LogP contribution in [0.3, 0.4) is 0 Å². The minimum atomic E-state index is -0.135. The van der Waals surface area contributed by atoms with Crippen molar-refractivity contribution in [3.05, 3.63) is 52.6 Å². The molecule has 5 heteroatoms. The van der Waals surface area contributed by atoms with Crippen molar-refractivity contribution in [3.8, 4) is 5.75 Å². The van der Waals surface area contributed by atoms with Gasteiger partial charge in [-0.1, -0.05) is 18.2 Å². The van der Waals surface area contributed by atoms with Crippen molar-refractivity contribution in [1.82, 2.24) is 4.98 Å². The van der Waals surface area contributed by atoms with Crippen LogP contribution in [0.1, 0.15) is 5.56 Å². The molecule has 0 unspecified atom stereocenters. The minimum Gasteiger partial charge on any atom is -0.496 e. The van der Waals surface area contributed by atoms with Gasteiger partial charge < -0.3 is 10.1 Å². The number of nitrogens with one attached hydrogen (secondary N) is 1. The molecule has 1 amide bonds. The molecular formula is C14H13BrN2O2. The van der Waals surface area contributed by atoms with Gasteiger partial charge in [-0.15, -0.1) is 0 Å². The van der Waals surface area contributed by atoms with Gasteiger partial charge in [-0.2, -0.15) is 0 Å². The van der Waals surface area contributed by atoms with Crippen LogP contribution >= 0.6 is 15.9 Å². The summed E-state index contributed by atoms with van der Waals surface area (Å²) in [5, 5.41) is 2.76. The molecule has 1 N–H and O–H groups in total. The zero-order valence-electron chi connectivity index (χ0n) is 10.4. The average molecular weight is 321 g/mol. The van der Waals surface area contributed by atoms with Crippen molar-refractivity contribution >= 4 is 27.7 Å². The normalized spacial score (nSPS) is 10.0. The maximum Gasteiger partial charge on any atom is 0.230 e. The van der Waals surface area contributed by atoms with E-state index in [0.717, 1.165) is 10.0 Å². The Morgan fingerprint density at radius 1 is 1.32 bits per heavy atom. The largest absolute Gasteiger partial charge is 0.496 e. The van der Waals surface area contributed by atoms with Crippen molar-refractivity contribution in [2.75, 3.05) is 12.4 Å². The van der Waals surface area contributed by atoms with Gasteiger partial charge >= 0.3 is 0 Å². The Hall–Kier alpha value is -1.88.